The minimum absolute atomic E-state index is 0.364. The first-order chi connectivity index (χ1) is 2.91. The van der Waals surface area contributed by atoms with E-state index in [4.69, 9.17) is 5.53 Å². The SMILES string of the molecule is C=C[CH2][Mn][N]=N. The summed E-state index contributed by atoms with van der Waals surface area (Å²) in [6.45, 7) is 3.46. The molecule has 1 N–H and O–H groups in total. The van der Waals surface area contributed by atoms with Crippen LogP contribution in [-0.2, 0) is 15.2 Å². The van der Waals surface area contributed by atoms with Crippen LogP contribution in [0.5, 0.6) is 0 Å². The summed E-state index contributed by atoms with van der Waals surface area (Å²) in [5.41, 5.74) is 6.30. The topological polar surface area (TPSA) is 36.2 Å². The fourth-order valence-electron chi connectivity index (χ4n) is 0.0833. The molecule has 0 amide bonds. The zero-order valence-corrected chi connectivity index (χ0v) is 4.50. The number of hydrogen-bond acceptors (Lipinski definition) is 2. The fraction of sp³-hybridized carbons (Fsp3) is 0.333. The van der Waals surface area contributed by atoms with Crippen molar-refractivity contribution in [3.8, 4) is 0 Å². The minimum atomic E-state index is 0.364. The predicted molar refractivity (Wildman–Crippen MR) is 20.2 cm³/mol. The second-order valence-corrected chi connectivity index (χ2v) is 1.77. The van der Waals surface area contributed by atoms with E-state index in [9.17, 15) is 0 Å². The van der Waals surface area contributed by atoms with Crippen molar-refractivity contribution in [3.63, 3.8) is 0 Å². The summed E-state index contributed by atoms with van der Waals surface area (Å²) in [4.78, 5) is 0. The number of allylic oxidation sites excluding steroid dienone is 1. The molecule has 3 heteroatoms. The Labute approximate surface area is 43.5 Å². The maximum absolute atomic E-state index is 6.30. The van der Waals surface area contributed by atoms with E-state index >= 15 is 0 Å². The molecule has 0 aliphatic carbocycles. The molecule has 2 nitrogen and oxygen atoms in total. The van der Waals surface area contributed by atoms with E-state index in [1.165, 1.54) is 0 Å². The molecule has 0 bridgehead atoms. The molecule has 0 spiro atoms. The molecule has 0 unspecified atom stereocenters. The average molecular weight is 125 g/mol. The zero-order valence-electron chi connectivity index (χ0n) is 3.32. The summed E-state index contributed by atoms with van der Waals surface area (Å²) in [5.74, 6) is 0. The predicted octanol–water partition coefficient (Wildman–Crippen LogP) is 1.62. The standard InChI is InChI=1S/C3H5.Mn.HN2/c1-3-2;;1-2/h3H,1-2H2;;1H/q;+1;-1. The summed E-state index contributed by atoms with van der Waals surface area (Å²) in [6.07, 6.45) is 1.76. The van der Waals surface area contributed by atoms with Crippen LogP contribution in [-0.4, -0.2) is 0 Å². The van der Waals surface area contributed by atoms with Crippen LogP contribution in [0.15, 0.2) is 16.8 Å². The third-order valence-corrected chi connectivity index (χ3v) is 0.981. The molecule has 0 aromatic rings. The van der Waals surface area contributed by atoms with Gasteiger partial charge in [-0.15, -0.1) is 0 Å². The van der Waals surface area contributed by atoms with Crippen LogP contribution in [0.1, 0.15) is 0 Å². The first kappa shape index (κ1) is 5.86. The van der Waals surface area contributed by atoms with Gasteiger partial charge < -0.3 is 0 Å². The van der Waals surface area contributed by atoms with Crippen molar-refractivity contribution in [3.05, 3.63) is 12.7 Å². The Morgan fingerprint density at radius 1 is 2.00 bits per heavy atom. The Balaban J connectivity index is 2.66. The van der Waals surface area contributed by atoms with Gasteiger partial charge in [0.15, 0.2) is 0 Å². The Morgan fingerprint density at radius 3 is 2.83 bits per heavy atom. The molecular formula is C3H6MnN2. The van der Waals surface area contributed by atoms with Gasteiger partial charge in [0, 0.05) is 0 Å². The van der Waals surface area contributed by atoms with Crippen LogP contribution in [0.4, 0.5) is 0 Å². The third kappa shape index (κ3) is 3.86. The first-order valence-corrected chi connectivity index (χ1v) is 2.84. The summed E-state index contributed by atoms with van der Waals surface area (Å²) >= 11 is 0.364. The van der Waals surface area contributed by atoms with E-state index in [0.29, 0.717) is 15.2 Å². The summed E-state index contributed by atoms with van der Waals surface area (Å²) < 4.78 is 3.14. The van der Waals surface area contributed by atoms with Crippen LogP contribution in [0.25, 0.3) is 0 Å². The number of nitrogens with one attached hydrogen (secondary N) is 1. The first-order valence-electron chi connectivity index (χ1n) is 1.48. The second kappa shape index (κ2) is 4.86. The van der Waals surface area contributed by atoms with Crippen molar-refractivity contribution in [1.29, 1.82) is 5.53 Å². The van der Waals surface area contributed by atoms with Crippen molar-refractivity contribution in [2.45, 2.75) is 5.32 Å². The number of rotatable bonds is 3. The zero-order chi connectivity index (χ0) is 4.83. The van der Waals surface area contributed by atoms with Crippen LogP contribution in [0, 0.1) is 5.53 Å². The van der Waals surface area contributed by atoms with Gasteiger partial charge in [-0.2, -0.15) is 0 Å². The van der Waals surface area contributed by atoms with Crippen LogP contribution >= 0.6 is 0 Å². The quantitative estimate of drug-likeness (QED) is 0.257. The molecule has 0 radical (unpaired) electrons. The Bertz CT molecular complexity index is 44.8. The van der Waals surface area contributed by atoms with Crippen LogP contribution < -0.4 is 0 Å². The van der Waals surface area contributed by atoms with E-state index in [1.54, 1.807) is 6.08 Å². The molecule has 6 heavy (non-hydrogen) atoms. The summed E-state index contributed by atoms with van der Waals surface area (Å²) in [5, 5.41) is 0.854. The van der Waals surface area contributed by atoms with E-state index < -0.39 is 0 Å². The van der Waals surface area contributed by atoms with Crippen molar-refractivity contribution in [1.82, 2.24) is 0 Å². The van der Waals surface area contributed by atoms with Crippen molar-refractivity contribution in [2.75, 3.05) is 0 Å². The van der Waals surface area contributed by atoms with Crippen LogP contribution in [0.2, 0.25) is 5.32 Å². The number of nitrogens with zero attached hydrogens (tertiary/aromatic N) is 1. The van der Waals surface area contributed by atoms with Gasteiger partial charge in [0.05, 0.1) is 0 Å². The second-order valence-electron chi connectivity index (χ2n) is 0.647. The maximum atomic E-state index is 6.30. The molecular weight excluding hydrogens is 119 g/mol. The molecule has 0 saturated carbocycles. The van der Waals surface area contributed by atoms with Gasteiger partial charge in [-0.25, -0.2) is 0 Å². The fourth-order valence-corrected chi connectivity index (χ4v) is 0.343. The van der Waals surface area contributed by atoms with Gasteiger partial charge in [-0.05, 0) is 0 Å². The number of hydrogen-bond donors (Lipinski definition) is 1. The molecule has 0 atom stereocenters. The molecule has 0 aromatic carbocycles. The van der Waals surface area contributed by atoms with Gasteiger partial charge >= 0.3 is 42.8 Å². The van der Waals surface area contributed by atoms with Gasteiger partial charge in [0.25, 0.3) is 0 Å². The van der Waals surface area contributed by atoms with Gasteiger partial charge in [-0.1, -0.05) is 0 Å². The van der Waals surface area contributed by atoms with Gasteiger partial charge in [-0.3, -0.25) is 0 Å². The van der Waals surface area contributed by atoms with E-state index in [1.807, 2.05) is 0 Å². The molecule has 0 aromatic heterocycles. The van der Waals surface area contributed by atoms with E-state index in [0.717, 1.165) is 5.32 Å². The van der Waals surface area contributed by atoms with Crippen molar-refractivity contribution < 1.29 is 15.2 Å². The van der Waals surface area contributed by atoms with E-state index in [-0.39, 0.29) is 0 Å². The normalized spacial score (nSPS) is 7.33. The van der Waals surface area contributed by atoms with Gasteiger partial charge in [0.1, 0.15) is 0 Å². The van der Waals surface area contributed by atoms with Crippen molar-refractivity contribution >= 4 is 0 Å². The van der Waals surface area contributed by atoms with Gasteiger partial charge in [0.2, 0.25) is 0 Å². The summed E-state index contributed by atoms with van der Waals surface area (Å²) in [7, 11) is 0. The molecule has 0 fully saturated rings. The molecule has 0 rings (SSSR count). The molecule has 35 valence electrons. The molecule has 0 aliphatic heterocycles. The average Bonchev–Trinajstić information content (AvgIpc) is 1.61. The third-order valence-electron chi connectivity index (χ3n) is 0.238. The van der Waals surface area contributed by atoms with Crippen molar-refractivity contribution in [2.24, 2.45) is 4.13 Å². The molecule has 0 heterocycles. The summed E-state index contributed by atoms with van der Waals surface area (Å²) in [6, 6.07) is 0. The Morgan fingerprint density at radius 2 is 2.67 bits per heavy atom. The Kier molecular flexibility index (Phi) is 4.75. The van der Waals surface area contributed by atoms with Crippen LogP contribution in [0.3, 0.4) is 0 Å². The van der Waals surface area contributed by atoms with E-state index in [2.05, 4.69) is 10.7 Å². The molecule has 0 aliphatic rings. The Hall–Kier alpha value is -0.141. The molecule has 0 saturated heterocycles. The monoisotopic (exact) mass is 125 g/mol.